The van der Waals surface area contributed by atoms with Crippen molar-refractivity contribution in [1.82, 2.24) is 19.4 Å². The number of rotatable bonds is 7. The van der Waals surface area contributed by atoms with E-state index in [4.69, 9.17) is 23.2 Å². The van der Waals surface area contributed by atoms with Gasteiger partial charge in [-0.25, -0.2) is 4.98 Å². The Morgan fingerprint density at radius 2 is 1.74 bits per heavy atom. The fourth-order valence-electron chi connectivity index (χ4n) is 4.80. The Hall–Kier alpha value is -2.54. The number of aromatic nitrogens is 2. The molecule has 1 amide bonds. The van der Waals surface area contributed by atoms with Crippen LogP contribution in [0.4, 0.5) is 5.69 Å². The standard InChI is InChI=1S/C27H33Cl2N5O/c1-19-24(29)10-6-11-25(19)33-16-14-32(15-17-33)13-7-12-31(4)27(35)26-20(2)34(21(3)30-26)23-9-5-8-22(28)18-23/h5-6,8-11,18H,7,12-17H2,1-4H3. The van der Waals surface area contributed by atoms with Crippen LogP contribution >= 0.6 is 23.2 Å². The molecule has 0 spiro atoms. The number of piperazine rings is 1. The highest BCUT2D eigenvalue weighted by Gasteiger charge is 2.23. The van der Waals surface area contributed by atoms with Crippen LogP contribution in [0.15, 0.2) is 42.5 Å². The van der Waals surface area contributed by atoms with Crippen molar-refractivity contribution in [3.05, 3.63) is 75.3 Å². The largest absolute Gasteiger partial charge is 0.369 e. The molecule has 0 bridgehead atoms. The van der Waals surface area contributed by atoms with Crippen LogP contribution in [0.25, 0.3) is 5.69 Å². The first-order valence-corrected chi connectivity index (χ1v) is 12.8. The summed E-state index contributed by atoms with van der Waals surface area (Å²) in [6.45, 7) is 11.6. The molecule has 0 radical (unpaired) electrons. The van der Waals surface area contributed by atoms with Gasteiger partial charge in [-0.05, 0) is 69.6 Å². The lowest BCUT2D eigenvalue weighted by atomic mass is 10.1. The maximum absolute atomic E-state index is 13.2. The zero-order chi connectivity index (χ0) is 25.1. The van der Waals surface area contributed by atoms with Gasteiger partial charge in [0.15, 0.2) is 0 Å². The van der Waals surface area contributed by atoms with Crippen LogP contribution < -0.4 is 4.90 Å². The third-order valence-electron chi connectivity index (χ3n) is 6.81. The molecule has 2 heterocycles. The van der Waals surface area contributed by atoms with Crippen molar-refractivity contribution < 1.29 is 4.79 Å². The maximum atomic E-state index is 13.2. The van der Waals surface area contributed by atoms with Gasteiger partial charge in [-0.2, -0.15) is 0 Å². The minimum absolute atomic E-state index is 0.0485. The Bertz CT molecular complexity index is 1200. The number of aryl methyl sites for hydroxylation is 1. The van der Waals surface area contributed by atoms with Gasteiger partial charge in [0.05, 0.1) is 5.69 Å². The second-order valence-corrected chi connectivity index (χ2v) is 10.0. The highest BCUT2D eigenvalue weighted by molar-refractivity contribution is 6.31. The topological polar surface area (TPSA) is 44.6 Å². The van der Waals surface area contributed by atoms with Crippen LogP contribution in [0.2, 0.25) is 10.0 Å². The van der Waals surface area contributed by atoms with E-state index >= 15 is 0 Å². The first-order chi connectivity index (χ1) is 16.8. The molecule has 0 atom stereocenters. The average molecular weight is 515 g/mol. The summed E-state index contributed by atoms with van der Waals surface area (Å²) in [7, 11) is 1.86. The molecule has 186 valence electrons. The molecular formula is C27H33Cl2N5O. The molecule has 1 fully saturated rings. The maximum Gasteiger partial charge on any atom is 0.274 e. The number of imidazole rings is 1. The smallest absolute Gasteiger partial charge is 0.274 e. The number of nitrogens with zero attached hydrogens (tertiary/aromatic N) is 5. The number of halogens is 2. The van der Waals surface area contributed by atoms with E-state index in [2.05, 4.69) is 27.8 Å². The lowest BCUT2D eigenvalue weighted by Crippen LogP contribution is -2.47. The lowest BCUT2D eigenvalue weighted by Gasteiger charge is -2.37. The Morgan fingerprint density at radius 3 is 2.46 bits per heavy atom. The van der Waals surface area contributed by atoms with Crippen molar-refractivity contribution in [3.63, 3.8) is 0 Å². The van der Waals surface area contributed by atoms with Crippen molar-refractivity contribution in [3.8, 4) is 5.69 Å². The monoisotopic (exact) mass is 513 g/mol. The SMILES string of the molecule is Cc1c(Cl)cccc1N1CCN(CCCN(C)C(=O)c2nc(C)n(-c3cccc(Cl)c3)c2C)CC1. The van der Waals surface area contributed by atoms with E-state index in [0.29, 0.717) is 17.3 Å². The van der Waals surface area contributed by atoms with Crippen LogP contribution in [0.3, 0.4) is 0 Å². The molecule has 35 heavy (non-hydrogen) atoms. The second-order valence-electron chi connectivity index (χ2n) is 9.20. The predicted octanol–water partition coefficient (Wildman–Crippen LogP) is 5.39. The third-order valence-corrected chi connectivity index (χ3v) is 7.46. The van der Waals surface area contributed by atoms with Crippen molar-refractivity contribution in [1.29, 1.82) is 0 Å². The van der Waals surface area contributed by atoms with E-state index in [0.717, 1.165) is 66.9 Å². The molecule has 0 saturated carbocycles. The Labute approximate surface area is 218 Å². The molecule has 8 heteroatoms. The lowest BCUT2D eigenvalue weighted by molar-refractivity contribution is 0.0782. The van der Waals surface area contributed by atoms with E-state index in [-0.39, 0.29) is 5.91 Å². The van der Waals surface area contributed by atoms with E-state index in [1.54, 1.807) is 4.90 Å². The number of hydrogen-bond donors (Lipinski definition) is 0. The Kier molecular flexibility index (Phi) is 8.05. The molecule has 0 N–H and O–H groups in total. The number of carbonyl (C=O) groups is 1. The number of anilines is 1. The van der Waals surface area contributed by atoms with Crippen molar-refractivity contribution >= 4 is 34.8 Å². The molecular weight excluding hydrogens is 481 g/mol. The van der Waals surface area contributed by atoms with Crippen molar-refractivity contribution in [2.45, 2.75) is 27.2 Å². The van der Waals surface area contributed by atoms with Crippen LogP contribution in [-0.2, 0) is 0 Å². The zero-order valence-electron chi connectivity index (χ0n) is 20.9. The Balaban J connectivity index is 1.30. The quantitative estimate of drug-likeness (QED) is 0.424. The molecule has 1 aliphatic rings. The van der Waals surface area contributed by atoms with E-state index in [9.17, 15) is 4.79 Å². The summed E-state index contributed by atoms with van der Waals surface area (Å²) < 4.78 is 1.98. The van der Waals surface area contributed by atoms with Crippen LogP contribution in [0.5, 0.6) is 0 Å². The van der Waals surface area contributed by atoms with Crippen molar-refractivity contribution in [2.75, 3.05) is 51.2 Å². The summed E-state index contributed by atoms with van der Waals surface area (Å²) in [6, 6.07) is 13.7. The molecule has 6 nitrogen and oxygen atoms in total. The van der Waals surface area contributed by atoms with Gasteiger partial charge in [-0.1, -0.05) is 35.3 Å². The van der Waals surface area contributed by atoms with Gasteiger partial charge >= 0.3 is 0 Å². The highest BCUT2D eigenvalue weighted by Crippen LogP contribution is 2.27. The van der Waals surface area contributed by atoms with Gasteiger partial charge in [-0.3, -0.25) is 9.69 Å². The summed E-state index contributed by atoms with van der Waals surface area (Å²) in [5, 5.41) is 1.48. The van der Waals surface area contributed by atoms with Crippen LogP contribution in [0.1, 0.15) is 34.0 Å². The molecule has 0 unspecified atom stereocenters. The van der Waals surface area contributed by atoms with Crippen LogP contribution in [-0.4, -0.2) is 71.6 Å². The number of amides is 1. The number of benzene rings is 2. The fraction of sp³-hybridized carbons (Fsp3) is 0.407. The molecule has 1 aliphatic heterocycles. The van der Waals surface area contributed by atoms with E-state index < -0.39 is 0 Å². The Morgan fingerprint density at radius 1 is 1.03 bits per heavy atom. The molecule has 1 saturated heterocycles. The second kappa shape index (κ2) is 11.0. The van der Waals surface area contributed by atoms with E-state index in [1.165, 1.54) is 5.69 Å². The van der Waals surface area contributed by atoms with Gasteiger partial charge in [0, 0.05) is 61.2 Å². The van der Waals surface area contributed by atoms with Gasteiger partial charge in [-0.15, -0.1) is 0 Å². The van der Waals surface area contributed by atoms with Crippen LogP contribution in [0, 0.1) is 20.8 Å². The normalized spacial score (nSPS) is 14.4. The summed E-state index contributed by atoms with van der Waals surface area (Å²) in [4.78, 5) is 24.4. The van der Waals surface area contributed by atoms with Gasteiger partial charge < -0.3 is 14.4 Å². The predicted molar refractivity (Wildman–Crippen MR) is 144 cm³/mol. The molecule has 0 aliphatic carbocycles. The summed E-state index contributed by atoms with van der Waals surface area (Å²) >= 11 is 12.5. The van der Waals surface area contributed by atoms with Gasteiger partial charge in [0.2, 0.25) is 0 Å². The minimum atomic E-state index is -0.0485. The first-order valence-electron chi connectivity index (χ1n) is 12.1. The summed E-state index contributed by atoms with van der Waals surface area (Å²) in [6.07, 6.45) is 0.922. The molecule has 4 rings (SSSR count). The molecule has 2 aromatic carbocycles. The van der Waals surface area contributed by atoms with Gasteiger partial charge in [0.25, 0.3) is 5.91 Å². The third kappa shape index (κ3) is 5.66. The molecule has 1 aromatic heterocycles. The highest BCUT2D eigenvalue weighted by atomic mass is 35.5. The fourth-order valence-corrected chi connectivity index (χ4v) is 5.16. The summed E-state index contributed by atoms with van der Waals surface area (Å²) in [5.74, 6) is 0.724. The summed E-state index contributed by atoms with van der Waals surface area (Å²) in [5.41, 5.74) is 4.61. The van der Waals surface area contributed by atoms with Crippen molar-refractivity contribution in [2.24, 2.45) is 0 Å². The number of carbonyl (C=O) groups excluding carboxylic acids is 1. The molecule has 3 aromatic rings. The minimum Gasteiger partial charge on any atom is -0.369 e. The van der Waals surface area contributed by atoms with Gasteiger partial charge in [0.1, 0.15) is 11.5 Å². The zero-order valence-corrected chi connectivity index (χ0v) is 22.4. The average Bonchev–Trinajstić information content (AvgIpc) is 3.14. The van der Waals surface area contributed by atoms with E-state index in [1.807, 2.05) is 61.9 Å². The first kappa shape index (κ1) is 25.5. The number of hydrogen-bond acceptors (Lipinski definition) is 4.